The Hall–Kier alpha value is -1.89. The molecule has 2 rings (SSSR count). The molecule has 104 valence electrons. The van der Waals surface area contributed by atoms with Crippen LogP contribution >= 0.6 is 0 Å². The summed E-state index contributed by atoms with van der Waals surface area (Å²) in [5.41, 5.74) is 4.02. The summed E-state index contributed by atoms with van der Waals surface area (Å²) in [7, 11) is 0. The van der Waals surface area contributed by atoms with Crippen LogP contribution in [-0.4, -0.2) is 5.78 Å². The smallest absolute Gasteiger partial charge is 0.193 e. The molecule has 1 nitrogen and oxygen atoms in total. The van der Waals surface area contributed by atoms with E-state index in [1.165, 1.54) is 5.56 Å². The molecule has 0 fully saturated rings. The first kappa shape index (κ1) is 14.5. The second kappa shape index (κ2) is 6.04. The first-order chi connectivity index (χ1) is 9.50. The van der Waals surface area contributed by atoms with Gasteiger partial charge in [0.05, 0.1) is 0 Å². The zero-order chi connectivity index (χ0) is 14.7. The van der Waals surface area contributed by atoms with E-state index in [0.29, 0.717) is 11.8 Å². The Morgan fingerprint density at radius 2 is 1.50 bits per heavy atom. The molecule has 0 unspecified atom stereocenters. The van der Waals surface area contributed by atoms with Crippen LogP contribution in [0, 0.1) is 0 Å². The van der Waals surface area contributed by atoms with Crippen molar-refractivity contribution in [1.82, 2.24) is 0 Å². The van der Waals surface area contributed by atoms with Crippen LogP contribution in [0.4, 0.5) is 0 Å². The summed E-state index contributed by atoms with van der Waals surface area (Å²) >= 11 is 0. The summed E-state index contributed by atoms with van der Waals surface area (Å²) in [5.74, 6) is 0.939. The molecule has 0 N–H and O–H groups in total. The third-order valence-electron chi connectivity index (χ3n) is 3.64. The SMILES string of the molecule is CC(C)c1ccc(C(=O)c2ccccc2)c(C(C)C)c1. The Morgan fingerprint density at radius 1 is 0.850 bits per heavy atom. The normalized spacial score (nSPS) is 11.1. The van der Waals surface area contributed by atoms with Crippen molar-refractivity contribution in [3.8, 4) is 0 Å². The molecule has 2 aromatic rings. The summed E-state index contributed by atoms with van der Waals surface area (Å²) < 4.78 is 0. The van der Waals surface area contributed by atoms with Gasteiger partial charge in [0.1, 0.15) is 0 Å². The second-order valence-electron chi connectivity index (χ2n) is 5.85. The highest BCUT2D eigenvalue weighted by atomic mass is 16.1. The standard InChI is InChI=1S/C19H22O/c1-13(2)16-10-11-17(18(12-16)14(3)4)19(20)15-8-6-5-7-9-15/h5-14H,1-4H3. The van der Waals surface area contributed by atoms with Crippen molar-refractivity contribution in [2.24, 2.45) is 0 Å². The van der Waals surface area contributed by atoms with Gasteiger partial charge in [0.15, 0.2) is 5.78 Å². The van der Waals surface area contributed by atoms with Crippen LogP contribution in [0.25, 0.3) is 0 Å². The van der Waals surface area contributed by atoms with E-state index in [4.69, 9.17) is 0 Å². The van der Waals surface area contributed by atoms with Gasteiger partial charge in [-0.05, 0) is 23.0 Å². The first-order valence-electron chi connectivity index (χ1n) is 7.24. The third kappa shape index (κ3) is 2.98. The van der Waals surface area contributed by atoms with Gasteiger partial charge in [-0.15, -0.1) is 0 Å². The Bertz CT molecular complexity index is 594. The van der Waals surface area contributed by atoms with Crippen molar-refractivity contribution >= 4 is 5.78 Å². The highest BCUT2D eigenvalue weighted by molar-refractivity contribution is 6.10. The lowest BCUT2D eigenvalue weighted by Crippen LogP contribution is -2.07. The van der Waals surface area contributed by atoms with Crippen LogP contribution in [0.15, 0.2) is 48.5 Å². The maximum absolute atomic E-state index is 12.7. The predicted octanol–water partition coefficient (Wildman–Crippen LogP) is 5.16. The number of carbonyl (C=O) groups excluding carboxylic acids is 1. The van der Waals surface area contributed by atoms with Gasteiger partial charge in [-0.2, -0.15) is 0 Å². The van der Waals surface area contributed by atoms with E-state index in [-0.39, 0.29) is 5.78 Å². The van der Waals surface area contributed by atoms with E-state index < -0.39 is 0 Å². The zero-order valence-corrected chi connectivity index (χ0v) is 12.7. The molecule has 0 bridgehead atoms. The molecular formula is C19H22O. The molecule has 0 amide bonds. The highest BCUT2D eigenvalue weighted by Gasteiger charge is 2.16. The molecule has 0 saturated heterocycles. The lowest BCUT2D eigenvalue weighted by Gasteiger charge is -2.15. The van der Waals surface area contributed by atoms with Crippen LogP contribution in [-0.2, 0) is 0 Å². The Kier molecular flexibility index (Phi) is 4.39. The fourth-order valence-electron chi connectivity index (χ4n) is 2.37. The van der Waals surface area contributed by atoms with Crippen molar-refractivity contribution in [3.63, 3.8) is 0 Å². The lowest BCUT2D eigenvalue weighted by atomic mass is 9.88. The number of hydrogen-bond donors (Lipinski definition) is 0. The number of carbonyl (C=O) groups is 1. The van der Waals surface area contributed by atoms with Crippen molar-refractivity contribution in [3.05, 3.63) is 70.8 Å². The van der Waals surface area contributed by atoms with E-state index >= 15 is 0 Å². The summed E-state index contributed by atoms with van der Waals surface area (Å²) in [6.45, 7) is 8.64. The highest BCUT2D eigenvalue weighted by Crippen LogP contribution is 2.26. The van der Waals surface area contributed by atoms with Crippen LogP contribution < -0.4 is 0 Å². The van der Waals surface area contributed by atoms with Crippen molar-refractivity contribution < 1.29 is 4.79 Å². The van der Waals surface area contributed by atoms with Crippen molar-refractivity contribution in [2.45, 2.75) is 39.5 Å². The topological polar surface area (TPSA) is 17.1 Å². The van der Waals surface area contributed by atoms with Crippen LogP contribution in [0.3, 0.4) is 0 Å². The quantitative estimate of drug-likeness (QED) is 0.698. The minimum atomic E-state index is 0.115. The van der Waals surface area contributed by atoms with E-state index in [1.807, 2.05) is 36.4 Å². The molecule has 0 aliphatic heterocycles. The van der Waals surface area contributed by atoms with E-state index in [9.17, 15) is 4.79 Å². The summed E-state index contributed by atoms with van der Waals surface area (Å²) in [4.78, 5) is 12.7. The lowest BCUT2D eigenvalue weighted by molar-refractivity contribution is 0.103. The molecule has 0 spiro atoms. The molecule has 0 aromatic heterocycles. The number of benzene rings is 2. The molecule has 0 atom stereocenters. The summed E-state index contributed by atoms with van der Waals surface area (Å²) in [6.07, 6.45) is 0. The van der Waals surface area contributed by atoms with Crippen LogP contribution in [0.1, 0.15) is 66.6 Å². The molecule has 0 radical (unpaired) electrons. The van der Waals surface area contributed by atoms with Gasteiger partial charge < -0.3 is 0 Å². The maximum atomic E-state index is 12.7. The molecule has 0 aliphatic rings. The minimum Gasteiger partial charge on any atom is -0.289 e. The monoisotopic (exact) mass is 266 g/mol. The van der Waals surface area contributed by atoms with Gasteiger partial charge in [0, 0.05) is 11.1 Å². The molecular weight excluding hydrogens is 244 g/mol. The Labute approximate surface area is 121 Å². The Balaban J connectivity index is 2.49. The van der Waals surface area contributed by atoms with Crippen molar-refractivity contribution in [1.29, 1.82) is 0 Å². The van der Waals surface area contributed by atoms with Crippen LogP contribution in [0.2, 0.25) is 0 Å². The average Bonchev–Trinajstić information content (AvgIpc) is 2.46. The van der Waals surface area contributed by atoms with Gasteiger partial charge in [0.2, 0.25) is 0 Å². The minimum absolute atomic E-state index is 0.115. The van der Waals surface area contributed by atoms with Gasteiger partial charge in [-0.1, -0.05) is 76.2 Å². The maximum Gasteiger partial charge on any atom is 0.193 e. The summed E-state index contributed by atoms with van der Waals surface area (Å²) in [5, 5.41) is 0. The zero-order valence-electron chi connectivity index (χ0n) is 12.7. The van der Waals surface area contributed by atoms with E-state index in [0.717, 1.165) is 16.7 Å². The Morgan fingerprint density at radius 3 is 2.05 bits per heavy atom. The molecule has 0 heterocycles. The molecule has 0 saturated carbocycles. The molecule has 2 aromatic carbocycles. The number of rotatable bonds is 4. The van der Waals surface area contributed by atoms with Gasteiger partial charge in [-0.25, -0.2) is 0 Å². The van der Waals surface area contributed by atoms with E-state index in [1.54, 1.807) is 0 Å². The second-order valence-corrected chi connectivity index (χ2v) is 5.85. The average molecular weight is 266 g/mol. The fourth-order valence-corrected chi connectivity index (χ4v) is 2.37. The molecule has 1 heteroatoms. The molecule has 20 heavy (non-hydrogen) atoms. The van der Waals surface area contributed by atoms with Crippen molar-refractivity contribution in [2.75, 3.05) is 0 Å². The van der Waals surface area contributed by atoms with Crippen LogP contribution in [0.5, 0.6) is 0 Å². The fraction of sp³-hybridized carbons (Fsp3) is 0.316. The predicted molar refractivity (Wildman–Crippen MR) is 84.5 cm³/mol. The number of ketones is 1. The summed E-state index contributed by atoms with van der Waals surface area (Å²) in [6, 6.07) is 15.8. The molecule has 0 aliphatic carbocycles. The van der Waals surface area contributed by atoms with E-state index in [2.05, 4.69) is 39.8 Å². The third-order valence-corrected chi connectivity index (χ3v) is 3.64. The number of hydrogen-bond acceptors (Lipinski definition) is 1. The van der Waals surface area contributed by atoms with Gasteiger partial charge >= 0.3 is 0 Å². The van der Waals surface area contributed by atoms with Gasteiger partial charge in [-0.3, -0.25) is 4.79 Å². The van der Waals surface area contributed by atoms with Gasteiger partial charge in [0.25, 0.3) is 0 Å². The largest absolute Gasteiger partial charge is 0.289 e. The first-order valence-corrected chi connectivity index (χ1v) is 7.24.